The maximum atomic E-state index is 11.7. The van der Waals surface area contributed by atoms with Gasteiger partial charge in [0, 0.05) is 35.5 Å². The van der Waals surface area contributed by atoms with E-state index in [0.29, 0.717) is 33.9 Å². The molecule has 0 aliphatic heterocycles. The summed E-state index contributed by atoms with van der Waals surface area (Å²) in [4.78, 5) is 15.7. The monoisotopic (exact) mass is 606 g/mol. The van der Waals surface area contributed by atoms with Gasteiger partial charge in [-0.15, -0.1) is 0 Å². The lowest BCUT2D eigenvalue weighted by molar-refractivity contribution is 0.106. The fourth-order valence-electron chi connectivity index (χ4n) is 4.15. The van der Waals surface area contributed by atoms with Crippen molar-refractivity contribution in [1.29, 1.82) is 5.26 Å². The first-order valence-corrected chi connectivity index (χ1v) is 13.7. The average Bonchev–Trinajstić information content (AvgIpc) is 3.01. The van der Waals surface area contributed by atoms with Crippen LogP contribution in [0.4, 0.5) is 0 Å². The van der Waals surface area contributed by atoms with Crippen LogP contribution in [0.5, 0.6) is 17.2 Å². The van der Waals surface area contributed by atoms with Crippen molar-refractivity contribution in [2.45, 2.75) is 20.1 Å². The third-order valence-electron chi connectivity index (χ3n) is 6.58. The van der Waals surface area contributed by atoms with Gasteiger partial charge in [-0.1, -0.05) is 53.5 Å². The van der Waals surface area contributed by atoms with Gasteiger partial charge >= 0.3 is 0 Å². The minimum Gasteiger partial charge on any atom is -0.492 e. The fraction of sp³-hybridized carbons (Fsp3) is 0.219. The molecule has 1 aromatic heterocycles. The molecule has 8 nitrogen and oxygen atoms in total. The van der Waals surface area contributed by atoms with Crippen molar-refractivity contribution in [1.82, 2.24) is 4.98 Å². The highest BCUT2D eigenvalue weighted by Gasteiger charge is 2.16. The summed E-state index contributed by atoms with van der Waals surface area (Å²) >= 11 is 13.1. The summed E-state index contributed by atoms with van der Waals surface area (Å²) in [5.41, 5.74) is 4.79. The Kier molecular flexibility index (Phi) is 10.8. The summed E-state index contributed by atoms with van der Waals surface area (Å²) in [6.45, 7) is 1.96. The molecule has 10 heteroatoms. The van der Waals surface area contributed by atoms with Gasteiger partial charge in [-0.05, 0) is 41.8 Å². The number of pyridine rings is 1. The number of aldehydes is 1. The smallest absolute Gasteiger partial charge is 0.153 e. The van der Waals surface area contributed by atoms with Crippen molar-refractivity contribution < 1.29 is 29.2 Å². The van der Waals surface area contributed by atoms with Crippen molar-refractivity contribution in [3.05, 3.63) is 105 Å². The van der Waals surface area contributed by atoms with Gasteiger partial charge in [-0.3, -0.25) is 9.78 Å². The highest BCUT2D eigenvalue weighted by atomic mass is 35.5. The van der Waals surface area contributed by atoms with E-state index < -0.39 is 5.92 Å². The number of hydrogen-bond acceptors (Lipinski definition) is 8. The number of carbonyl (C=O) groups excluding carboxylic acids is 1. The molecule has 0 fully saturated rings. The lowest BCUT2D eigenvalue weighted by atomic mass is 9.96. The van der Waals surface area contributed by atoms with Gasteiger partial charge in [-0.2, -0.15) is 5.26 Å². The first-order chi connectivity index (χ1) is 20.4. The molecule has 0 radical (unpaired) electrons. The van der Waals surface area contributed by atoms with Crippen molar-refractivity contribution in [2.24, 2.45) is 5.92 Å². The quantitative estimate of drug-likeness (QED) is 0.173. The highest BCUT2D eigenvalue weighted by molar-refractivity contribution is 6.35. The van der Waals surface area contributed by atoms with E-state index in [4.69, 9.17) is 42.7 Å². The molecule has 216 valence electrons. The Morgan fingerprint density at radius 1 is 0.929 bits per heavy atom. The third-order valence-corrected chi connectivity index (χ3v) is 7.27. The standard InChI is InChI=1S/C32H28Cl2N2O6/c1-20-24(4-2-5-26(20)27-6-3-7-29(32(27)34)40-18-23(14-37)15-38)19-42-31-10-30(25(16-39)9-28(31)33)41-17-22-8-21(11-35)12-36-13-22/h2-10,12-13,16,23,37-38H,14-15,17-19H2,1H3. The summed E-state index contributed by atoms with van der Waals surface area (Å²) < 4.78 is 17.7. The van der Waals surface area contributed by atoms with Crippen molar-refractivity contribution >= 4 is 29.5 Å². The number of nitriles is 1. The van der Waals surface area contributed by atoms with Gasteiger partial charge in [0.05, 0.1) is 41.0 Å². The molecular formula is C32H28Cl2N2O6. The Morgan fingerprint density at radius 3 is 2.40 bits per heavy atom. The van der Waals surface area contributed by atoms with E-state index in [2.05, 4.69) is 4.98 Å². The first kappa shape index (κ1) is 30.8. The molecule has 2 N–H and O–H groups in total. The molecule has 0 saturated heterocycles. The Hall–Kier alpha value is -4.13. The molecule has 0 spiro atoms. The molecule has 0 aliphatic carbocycles. The summed E-state index contributed by atoms with van der Waals surface area (Å²) in [7, 11) is 0. The van der Waals surface area contributed by atoms with E-state index in [1.54, 1.807) is 24.4 Å². The number of rotatable bonds is 13. The molecule has 3 aromatic carbocycles. The van der Waals surface area contributed by atoms with Gasteiger partial charge < -0.3 is 24.4 Å². The van der Waals surface area contributed by atoms with E-state index >= 15 is 0 Å². The lowest BCUT2D eigenvalue weighted by Gasteiger charge is -2.18. The predicted octanol–water partition coefficient (Wildman–Crippen LogP) is 6.19. The van der Waals surface area contributed by atoms with Crippen LogP contribution < -0.4 is 14.2 Å². The molecule has 0 aliphatic rings. The fourth-order valence-corrected chi connectivity index (χ4v) is 4.66. The maximum Gasteiger partial charge on any atom is 0.153 e. The molecule has 4 aromatic rings. The summed E-state index contributed by atoms with van der Waals surface area (Å²) in [6.07, 6.45) is 3.69. The summed E-state index contributed by atoms with van der Waals surface area (Å²) in [5.74, 6) is 0.663. The number of nitrogens with zero attached hydrogens (tertiary/aromatic N) is 2. The van der Waals surface area contributed by atoms with Crippen LogP contribution in [-0.4, -0.2) is 41.3 Å². The molecule has 4 rings (SSSR count). The van der Waals surface area contributed by atoms with Crippen LogP contribution >= 0.6 is 23.2 Å². The second-order valence-electron chi connectivity index (χ2n) is 9.46. The minimum absolute atomic E-state index is 0.0930. The van der Waals surface area contributed by atoms with Gasteiger partial charge in [0.25, 0.3) is 0 Å². The number of aromatic nitrogens is 1. The van der Waals surface area contributed by atoms with Crippen LogP contribution in [0.3, 0.4) is 0 Å². The maximum absolute atomic E-state index is 11.7. The van der Waals surface area contributed by atoms with E-state index in [9.17, 15) is 15.0 Å². The molecule has 0 atom stereocenters. The largest absolute Gasteiger partial charge is 0.492 e. The van der Waals surface area contributed by atoms with Gasteiger partial charge in [0.15, 0.2) is 6.29 Å². The first-order valence-electron chi connectivity index (χ1n) is 13.0. The van der Waals surface area contributed by atoms with E-state index in [1.807, 2.05) is 43.3 Å². The SMILES string of the molecule is Cc1c(COc2cc(OCc3cncc(C#N)c3)c(C=O)cc2Cl)cccc1-c1cccc(OCC(CO)CO)c1Cl. The normalized spacial score (nSPS) is 10.8. The van der Waals surface area contributed by atoms with Crippen LogP contribution in [0.25, 0.3) is 11.1 Å². The van der Waals surface area contributed by atoms with Crippen LogP contribution in [0.1, 0.15) is 32.6 Å². The lowest BCUT2D eigenvalue weighted by Crippen LogP contribution is -2.19. The number of hydrogen-bond donors (Lipinski definition) is 2. The highest BCUT2D eigenvalue weighted by Crippen LogP contribution is 2.38. The summed E-state index contributed by atoms with van der Waals surface area (Å²) in [5, 5.41) is 28.4. The zero-order valence-corrected chi connectivity index (χ0v) is 24.2. The second-order valence-corrected chi connectivity index (χ2v) is 10.2. The number of aliphatic hydroxyl groups excluding tert-OH is 2. The zero-order valence-electron chi connectivity index (χ0n) is 22.7. The van der Waals surface area contributed by atoms with E-state index in [1.165, 1.54) is 12.3 Å². The topological polar surface area (TPSA) is 122 Å². The van der Waals surface area contributed by atoms with E-state index in [-0.39, 0.29) is 49.4 Å². The van der Waals surface area contributed by atoms with Gasteiger partial charge in [0.1, 0.15) is 36.5 Å². The molecule has 0 amide bonds. The number of carbonyl (C=O) groups is 1. The minimum atomic E-state index is -0.406. The van der Waals surface area contributed by atoms with Crippen LogP contribution in [0.15, 0.2) is 67.0 Å². The van der Waals surface area contributed by atoms with Crippen molar-refractivity contribution in [3.63, 3.8) is 0 Å². The number of halogens is 2. The zero-order chi connectivity index (χ0) is 30.1. The molecule has 0 bridgehead atoms. The molecule has 0 saturated carbocycles. The van der Waals surface area contributed by atoms with Gasteiger partial charge in [-0.25, -0.2) is 0 Å². The molecular weight excluding hydrogens is 579 g/mol. The Morgan fingerprint density at radius 2 is 1.67 bits per heavy atom. The van der Waals surface area contributed by atoms with Crippen LogP contribution in [0.2, 0.25) is 10.0 Å². The van der Waals surface area contributed by atoms with Crippen LogP contribution in [0, 0.1) is 24.2 Å². The second kappa shape index (κ2) is 14.7. The van der Waals surface area contributed by atoms with Gasteiger partial charge in [0.2, 0.25) is 0 Å². The summed E-state index contributed by atoms with van der Waals surface area (Å²) in [6, 6.07) is 18.0. The Balaban J connectivity index is 1.53. The average molecular weight is 607 g/mol. The number of ether oxygens (including phenoxy) is 3. The third kappa shape index (κ3) is 7.38. The molecule has 0 unspecified atom stereocenters. The van der Waals surface area contributed by atoms with Crippen molar-refractivity contribution in [3.8, 4) is 34.4 Å². The van der Waals surface area contributed by atoms with Crippen LogP contribution in [-0.2, 0) is 13.2 Å². The predicted molar refractivity (Wildman–Crippen MR) is 159 cm³/mol. The Bertz CT molecular complexity index is 1600. The van der Waals surface area contributed by atoms with E-state index in [0.717, 1.165) is 22.3 Å². The molecule has 1 heterocycles. The number of benzene rings is 3. The Labute approximate surface area is 253 Å². The molecule has 42 heavy (non-hydrogen) atoms. The van der Waals surface area contributed by atoms with Crippen molar-refractivity contribution in [2.75, 3.05) is 19.8 Å². The number of aliphatic hydroxyl groups is 2.